The van der Waals surface area contributed by atoms with Gasteiger partial charge < -0.3 is 14.4 Å². The van der Waals surface area contributed by atoms with Gasteiger partial charge in [-0.3, -0.25) is 4.79 Å². The molecule has 6 nitrogen and oxygen atoms in total. The van der Waals surface area contributed by atoms with Crippen LogP contribution < -0.4 is 0 Å². The summed E-state index contributed by atoms with van der Waals surface area (Å²) >= 11 is 3.43. The van der Waals surface area contributed by atoms with Crippen molar-refractivity contribution in [3.8, 4) is 0 Å². The number of amides is 1. The lowest BCUT2D eigenvalue weighted by Crippen LogP contribution is -2.31. The highest BCUT2D eigenvalue weighted by molar-refractivity contribution is 9.10. The van der Waals surface area contributed by atoms with Gasteiger partial charge in [-0.05, 0) is 35.9 Å². The molecule has 26 heavy (non-hydrogen) atoms. The van der Waals surface area contributed by atoms with Crippen LogP contribution in [0.3, 0.4) is 0 Å². The van der Waals surface area contributed by atoms with E-state index in [1.54, 1.807) is 7.05 Å². The van der Waals surface area contributed by atoms with Gasteiger partial charge >= 0.3 is 11.9 Å². The van der Waals surface area contributed by atoms with Crippen molar-refractivity contribution in [2.75, 3.05) is 20.8 Å². The maximum absolute atomic E-state index is 12.1. The molecule has 2 rings (SSSR count). The summed E-state index contributed by atoms with van der Waals surface area (Å²) in [5, 5.41) is 0. The fourth-order valence-corrected chi connectivity index (χ4v) is 2.56. The van der Waals surface area contributed by atoms with Gasteiger partial charge in [-0.15, -0.1) is 0 Å². The second kappa shape index (κ2) is 9.15. The summed E-state index contributed by atoms with van der Waals surface area (Å²) in [6.45, 7) is 0.0319. The molecule has 0 saturated carbocycles. The molecule has 0 unspecified atom stereocenters. The van der Waals surface area contributed by atoms with Gasteiger partial charge in [0.1, 0.15) is 0 Å². The van der Waals surface area contributed by atoms with E-state index in [4.69, 9.17) is 4.74 Å². The molecule has 0 bridgehead atoms. The molecule has 0 aliphatic heterocycles. The standard InChI is InChI=1S/C19H18BrNO5/c1-21(11-15-5-3-4-6-16(15)20)17(22)12-26-19(24)14-9-7-13(8-10-14)18(23)25-2/h3-10H,11-12H2,1-2H3. The first-order chi connectivity index (χ1) is 12.4. The van der Waals surface area contributed by atoms with Crippen LogP contribution >= 0.6 is 15.9 Å². The zero-order valence-electron chi connectivity index (χ0n) is 14.4. The van der Waals surface area contributed by atoms with Crippen molar-refractivity contribution in [1.82, 2.24) is 4.90 Å². The molecule has 0 aliphatic rings. The average molecular weight is 420 g/mol. The third-order valence-corrected chi connectivity index (χ3v) is 4.43. The van der Waals surface area contributed by atoms with Crippen molar-refractivity contribution >= 4 is 33.8 Å². The van der Waals surface area contributed by atoms with Crippen LogP contribution in [0, 0.1) is 0 Å². The third kappa shape index (κ3) is 5.16. The molecule has 0 heterocycles. The molecule has 136 valence electrons. The van der Waals surface area contributed by atoms with Crippen LogP contribution in [0.15, 0.2) is 53.0 Å². The number of esters is 2. The minimum atomic E-state index is -0.635. The van der Waals surface area contributed by atoms with Gasteiger partial charge in [0, 0.05) is 18.1 Å². The second-order valence-electron chi connectivity index (χ2n) is 5.49. The summed E-state index contributed by atoms with van der Waals surface area (Å²) in [7, 11) is 2.92. The Morgan fingerprint density at radius 3 is 2.12 bits per heavy atom. The van der Waals surface area contributed by atoms with E-state index in [2.05, 4.69) is 20.7 Å². The molecule has 0 radical (unpaired) electrons. The summed E-state index contributed by atoms with van der Waals surface area (Å²) in [5.74, 6) is -1.45. The van der Waals surface area contributed by atoms with E-state index in [9.17, 15) is 14.4 Å². The van der Waals surface area contributed by atoms with Gasteiger partial charge in [0.15, 0.2) is 6.61 Å². The summed E-state index contributed by atoms with van der Waals surface area (Å²) in [5.41, 5.74) is 1.53. The Hall–Kier alpha value is -2.67. The summed E-state index contributed by atoms with van der Waals surface area (Å²) in [6.07, 6.45) is 0. The highest BCUT2D eigenvalue weighted by Gasteiger charge is 2.15. The minimum Gasteiger partial charge on any atom is -0.465 e. The highest BCUT2D eigenvalue weighted by Crippen LogP contribution is 2.17. The number of rotatable bonds is 6. The third-order valence-electron chi connectivity index (χ3n) is 3.66. The van der Waals surface area contributed by atoms with Crippen LogP contribution in [0.25, 0.3) is 0 Å². The largest absolute Gasteiger partial charge is 0.465 e. The van der Waals surface area contributed by atoms with Crippen molar-refractivity contribution in [2.24, 2.45) is 0 Å². The number of likely N-dealkylation sites (N-methyl/N-ethyl adjacent to an activating group) is 1. The lowest BCUT2D eigenvalue weighted by molar-refractivity contribution is -0.133. The zero-order chi connectivity index (χ0) is 19.1. The number of carbonyl (C=O) groups excluding carboxylic acids is 3. The van der Waals surface area contributed by atoms with E-state index in [0.717, 1.165) is 10.0 Å². The summed E-state index contributed by atoms with van der Waals surface area (Å²) in [6, 6.07) is 13.4. The maximum Gasteiger partial charge on any atom is 0.338 e. The molecule has 2 aromatic rings. The Morgan fingerprint density at radius 2 is 1.54 bits per heavy atom. The Morgan fingerprint density at radius 1 is 0.962 bits per heavy atom. The van der Waals surface area contributed by atoms with Gasteiger partial charge in [0.05, 0.1) is 18.2 Å². The van der Waals surface area contributed by atoms with Crippen LogP contribution in [-0.4, -0.2) is 43.5 Å². The lowest BCUT2D eigenvalue weighted by atomic mass is 10.1. The van der Waals surface area contributed by atoms with Crippen LogP contribution in [-0.2, 0) is 20.8 Å². The number of hydrogen-bond donors (Lipinski definition) is 0. The van der Waals surface area contributed by atoms with Crippen molar-refractivity contribution in [2.45, 2.75) is 6.54 Å². The number of hydrogen-bond acceptors (Lipinski definition) is 5. The molecule has 0 saturated heterocycles. The molecular weight excluding hydrogens is 402 g/mol. The Labute approximate surface area is 159 Å². The van der Waals surface area contributed by atoms with Crippen LogP contribution in [0.1, 0.15) is 26.3 Å². The zero-order valence-corrected chi connectivity index (χ0v) is 16.0. The van der Waals surface area contributed by atoms with Gasteiger partial charge in [0.25, 0.3) is 5.91 Å². The summed E-state index contributed by atoms with van der Waals surface area (Å²) in [4.78, 5) is 37.0. The van der Waals surface area contributed by atoms with E-state index in [0.29, 0.717) is 12.1 Å². The van der Waals surface area contributed by atoms with E-state index in [-0.39, 0.29) is 18.1 Å². The monoisotopic (exact) mass is 419 g/mol. The molecule has 2 aromatic carbocycles. The average Bonchev–Trinajstić information content (AvgIpc) is 2.67. The lowest BCUT2D eigenvalue weighted by Gasteiger charge is -2.18. The van der Waals surface area contributed by atoms with E-state index < -0.39 is 11.9 Å². The van der Waals surface area contributed by atoms with Crippen molar-refractivity contribution < 1.29 is 23.9 Å². The van der Waals surface area contributed by atoms with Crippen molar-refractivity contribution in [1.29, 1.82) is 0 Å². The molecule has 0 fully saturated rings. The topological polar surface area (TPSA) is 72.9 Å². The quantitative estimate of drug-likeness (QED) is 0.672. The first-order valence-corrected chi connectivity index (χ1v) is 8.54. The fourth-order valence-electron chi connectivity index (χ4n) is 2.15. The van der Waals surface area contributed by atoms with Gasteiger partial charge in [-0.1, -0.05) is 34.1 Å². The first kappa shape index (κ1) is 19.7. The second-order valence-corrected chi connectivity index (χ2v) is 6.34. The Kier molecular flexibility index (Phi) is 6.91. The molecule has 0 aliphatic carbocycles. The van der Waals surface area contributed by atoms with Crippen LogP contribution in [0.2, 0.25) is 0 Å². The van der Waals surface area contributed by atoms with Crippen LogP contribution in [0.4, 0.5) is 0 Å². The Bertz CT molecular complexity index is 804. The minimum absolute atomic E-state index is 0.249. The van der Waals surface area contributed by atoms with Crippen LogP contribution in [0.5, 0.6) is 0 Å². The number of carbonyl (C=O) groups is 3. The van der Waals surface area contributed by atoms with Gasteiger partial charge in [-0.25, -0.2) is 9.59 Å². The number of benzene rings is 2. The number of methoxy groups -OCH3 is 1. The first-order valence-electron chi connectivity index (χ1n) is 7.75. The fraction of sp³-hybridized carbons (Fsp3) is 0.211. The Balaban J connectivity index is 1.89. The van der Waals surface area contributed by atoms with E-state index in [1.807, 2.05) is 24.3 Å². The normalized spacial score (nSPS) is 10.1. The maximum atomic E-state index is 12.1. The predicted octanol–water partition coefficient (Wildman–Crippen LogP) is 3.05. The molecule has 0 atom stereocenters. The highest BCUT2D eigenvalue weighted by atomic mass is 79.9. The molecule has 1 amide bonds. The van der Waals surface area contributed by atoms with E-state index in [1.165, 1.54) is 36.3 Å². The molecular formula is C19H18BrNO5. The van der Waals surface area contributed by atoms with Gasteiger partial charge in [0.2, 0.25) is 0 Å². The smallest absolute Gasteiger partial charge is 0.338 e. The number of ether oxygens (including phenoxy) is 2. The molecule has 7 heteroatoms. The predicted molar refractivity (Wildman–Crippen MR) is 98.7 cm³/mol. The number of halogens is 1. The van der Waals surface area contributed by atoms with Gasteiger partial charge in [-0.2, -0.15) is 0 Å². The molecule has 0 aromatic heterocycles. The number of nitrogens with zero attached hydrogens (tertiary/aromatic N) is 1. The van der Waals surface area contributed by atoms with Crippen molar-refractivity contribution in [3.05, 3.63) is 69.7 Å². The molecule has 0 spiro atoms. The molecule has 0 N–H and O–H groups in total. The van der Waals surface area contributed by atoms with E-state index >= 15 is 0 Å². The summed E-state index contributed by atoms with van der Waals surface area (Å²) < 4.78 is 10.5. The SMILES string of the molecule is COC(=O)c1ccc(C(=O)OCC(=O)N(C)Cc2ccccc2Br)cc1. The van der Waals surface area contributed by atoms with Crippen molar-refractivity contribution in [3.63, 3.8) is 0 Å².